The summed E-state index contributed by atoms with van der Waals surface area (Å²) in [5.41, 5.74) is -0.849. The first-order chi connectivity index (χ1) is 5.40. The first-order valence-corrected chi connectivity index (χ1v) is 4.50. The van der Waals surface area contributed by atoms with Gasteiger partial charge in [0, 0.05) is 13.1 Å². The Bertz CT molecular complexity index is 154. The number of halogens is 1. The second kappa shape index (κ2) is 4.67. The van der Waals surface area contributed by atoms with E-state index in [0.29, 0.717) is 13.1 Å². The van der Waals surface area contributed by atoms with Crippen LogP contribution >= 0.6 is 11.6 Å². The molecule has 1 N–H and O–H groups in total. The maximum Gasteiger partial charge on any atom is 0.237 e. The van der Waals surface area contributed by atoms with E-state index in [0.717, 1.165) is 0 Å². The summed E-state index contributed by atoms with van der Waals surface area (Å²) in [7, 11) is 0. The molecule has 3 nitrogen and oxygen atoms in total. The monoisotopic (exact) mass is 193 g/mol. The normalized spacial score (nSPS) is 11.4. The van der Waals surface area contributed by atoms with Gasteiger partial charge in [-0.15, -0.1) is 11.6 Å². The number of likely N-dealkylation sites (N-methyl/N-ethyl adjacent to an activating group) is 1. The molecule has 0 aromatic rings. The zero-order valence-corrected chi connectivity index (χ0v) is 8.56. The molecule has 72 valence electrons. The highest BCUT2D eigenvalue weighted by atomic mass is 35.5. The predicted molar refractivity (Wildman–Crippen MR) is 49.3 cm³/mol. The van der Waals surface area contributed by atoms with Crippen molar-refractivity contribution in [3.8, 4) is 0 Å². The van der Waals surface area contributed by atoms with Crippen molar-refractivity contribution in [3.05, 3.63) is 0 Å². The summed E-state index contributed by atoms with van der Waals surface area (Å²) >= 11 is 5.38. The molecule has 0 bridgehead atoms. The van der Waals surface area contributed by atoms with Crippen molar-refractivity contribution in [2.24, 2.45) is 0 Å². The third-order valence-corrected chi connectivity index (χ3v) is 1.66. The Labute approximate surface area is 78.3 Å². The van der Waals surface area contributed by atoms with Crippen LogP contribution in [0, 0.1) is 0 Å². The highest BCUT2D eigenvalue weighted by molar-refractivity contribution is 6.27. The molecular weight excluding hydrogens is 178 g/mol. The lowest BCUT2D eigenvalue weighted by molar-refractivity contribution is -0.131. The molecule has 0 heterocycles. The van der Waals surface area contributed by atoms with Crippen LogP contribution in [-0.4, -0.2) is 40.5 Å². The van der Waals surface area contributed by atoms with E-state index in [2.05, 4.69) is 0 Å². The topological polar surface area (TPSA) is 40.5 Å². The molecule has 0 aromatic heterocycles. The molecule has 0 aromatic carbocycles. The lowest BCUT2D eigenvalue weighted by atomic mass is 10.1. The number of hydrogen-bond acceptors (Lipinski definition) is 2. The van der Waals surface area contributed by atoms with Crippen molar-refractivity contribution < 1.29 is 9.90 Å². The molecule has 0 unspecified atom stereocenters. The van der Waals surface area contributed by atoms with Crippen LogP contribution in [0.3, 0.4) is 0 Å². The SMILES string of the molecule is CCN(CC(C)(C)O)C(=O)CCl. The van der Waals surface area contributed by atoms with Crippen LogP contribution in [-0.2, 0) is 4.79 Å². The summed E-state index contributed by atoms with van der Waals surface area (Å²) in [5, 5.41) is 9.43. The molecule has 0 rings (SSSR count). The Morgan fingerprint density at radius 2 is 2.08 bits per heavy atom. The number of aliphatic hydroxyl groups is 1. The van der Waals surface area contributed by atoms with Gasteiger partial charge in [-0.3, -0.25) is 4.79 Å². The van der Waals surface area contributed by atoms with Crippen molar-refractivity contribution in [2.45, 2.75) is 26.4 Å². The van der Waals surface area contributed by atoms with Crippen molar-refractivity contribution in [2.75, 3.05) is 19.0 Å². The van der Waals surface area contributed by atoms with E-state index in [4.69, 9.17) is 11.6 Å². The third-order valence-electron chi connectivity index (χ3n) is 1.43. The molecule has 0 saturated carbocycles. The highest BCUT2D eigenvalue weighted by Gasteiger charge is 2.20. The molecule has 0 fully saturated rings. The molecule has 0 spiro atoms. The molecule has 0 atom stereocenters. The van der Waals surface area contributed by atoms with Gasteiger partial charge in [-0.05, 0) is 20.8 Å². The standard InChI is InChI=1S/C8H16ClNO2/c1-4-10(7(11)5-9)6-8(2,3)12/h12H,4-6H2,1-3H3. The number of alkyl halides is 1. The third kappa shape index (κ3) is 4.57. The van der Waals surface area contributed by atoms with E-state index in [1.165, 1.54) is 4.90 Å². The fraction of sp³-hybridized carbons (Fsp3) is 0.875. The number of amides is 1. The van der Waals surface area contributed by atoms with E-state index in [1.807, 2.05) is 6.92 Å². The van der Waals surface area contributed by atoms with Crippen LogP contribution in [0.1, 0.15) is 20.8 Å². The largest absolute Gasteiger partial charge is 0.389 e. The quantitative estimate of drug-likeness (QED) is 0.673. The van der Waals surface area contributed by atoms with Crippen LogP contribution in [0.2, 0.25) is 0 Å². The fourth-order valence-corrected chi connectivity index (χ4v) is 1.10. The molecule has 0 radical (unpaired) electrons. The van der Waals surface area contributed by atoms with Gasteiger partial charge in [0.15, 0.2) is 0 Å². The molecule has 0 aliphatic heterocycles. The number of rotatable bonds is 4. The number of carbonyl (C=O) groups is 1. The summed E-state index contributed by atoms with van der Waals surface area (Å²) in [6.45, 7) is 6.09. The van der Waals surface area contributed by atoms with Gasteiger partial charge in [-0.1, -0.05) is 0 Å². The van der Waals surface area contributed by atoms with Gasteiger partial charge in [-0.25, -0.2) is 0 Å². The maximum atomic E-state index is 11.1. The van der Waals surface area contributed by atoms with E-state index in [-0.39, 0.29) is 11.8 Å². The smallest absolute Gasteiger partial charge is 0.237 e. The molecule has 1 amide bonds. The van der Waals surface area contributed by atoms with Crippen LogP contribution in [0.15, 0.2) is 0 Å². The minimum absolute atomic E-state index is 0.0239. The van der Waals surface area contributed by atoms with Gasteiger partial charge in [-0.2, -0.15) is 0 Å². The van der Waals surface area contributed by atoms with Crippen molar-refractivity contribution in [3.63, 3.8) is 0 Å². The Hall–Kier alpha value is -0.280. The average Bonchev–Trinajstić information content (AvgIpc) is 1.97. The summed E-state index contributed by atoms with van der Waals surface area (Å²) in [5.74, 6) is -0.162. The van der Waals surface area contributed by atoms with Crippen molar-refractivity contribution in [1.29, 1.82) is 0 Å². The molecule has 0 saturated heterocycles. The zero-order chi connectivity index (χ0) is 9.78. The van der Waals surface area contributed by atoms with Gasteiger partial charge in [0.05, 0.1) is 5.60 Å². The Balaban J connectivity index is 4.09. The number of nitrogens with zero attached hydrogens (tertiary/aromatic N) is 1. The minimum Gasteiger partial charge on any atom is -0.389 e. The lowest BCUT2D eigenvalue weighted by Gasteiger charge is -2.27. The molecule has 4 heteroatoms. The first-order valence-electron chi connectivity index (χ1n) is 3.97. The summed E-state index contributed by atoms with van der Waals surface area (Å²) in [6, 6.07) is 0. The second-order valence-corrected chi connectivity index (χ2v) is 3.62. The predicted octanol–water partition coefficient (Wildman–Crippen LogP) is 0.845. The molecular formula is C8H16ClNO2. The van der Waals surface area contributed by atoms with Crippen LogP contribution < -0.4 is 0 Å². The highest BCUT2D eigenvalue weighted by Crippen LogP contribution is 2.05. The second-order valence-electron chi connectivity index (χ2n) is 3.35. The van der Waals surface area contributed by atoms with Gasteiger partial charge >= 0.3 is 0 Å². The summed E-state index contributed by atoms with van der Waals surface area (Å²) < 4.78 is 0. The van der Waals surface area contributed by atoms with Crippen LogP contribution in [0.25, 0.3) is 0 Å². The molecule has 12 heavy (non-hydrogen) atoms. The molecule has 0 aliphatic carbocycles. The van der Waals surface area contributed by atoms with Gasteiger partial charge in [0.25, 0.3) is 0 Å². The summed E-state index contributed by atoms with van der Waals surface area (Å²) in [4.78, 5) is 12.6. The Morgan fingerprint density at radius 1 is 1.58 bits per heavy atom. The minimum atomic E-state index is -0.849. The van der Waals surface area contributed by atoms with Crippen molar-refractivity contribution >= 4 is 17.5 Å². The van der Waals surface area contributed by atoms with Crippen molar-refractivity contribution in [1.82, 2.24) is 4.90 Å². The van der Waals surface area contributed by atoms with Gasteiger partial charge in [0.2, 0.25) is 5.91 Å². The van der Waals surface area contributed by atoms with E-state index >= 15 is 0 Å². The fourth-order valence-electron chi connectivity index (χ4n) is 0.928. The average molecular weight is 194 g/mol. The van der Waals surface area contributed by atoms with Gasteiger partial charge < -0.3 is 10.0 Å². The summed E-state index contributed by atoms with van der Waals surface area (Å²) in [6.07, 6.45) is 0. The molecule has 0 aliphatic rings. The van der Waals surface area contributed by atoms with E-state index < -0.39 is 5.60 Å². The number of hydrogen-bond donors (Lipinski definition) is 1. The van der Waals surface area contributed by atoms with E-state index in [9.17, 15) is 9.90 Å². The number of carbonyl (C=O) groups excluding carboxylic acids is 1. The zero-order valence-electron chi connectivity index (χ0n) is 7.80. The van der Waals surface area contributed by atoms with Crippen LogP contribution in [0.5, 0.6) is 0 Å². The maximum absolute atomic E-state index is 11.1. The Morgan fingerprint density at radius 3 is 2.33 bits per heavy atom. The van der Waals surface area contributed by atoms with Gasteiger partial charge in [0.1, 0.15) is 5.88 Å². The first kappa shape index (κ1) is 11.7. The van der Waals surface area contributed by atoms with Crippen LogP contribution in [0.4, 0.5) is 0 Å². The van der Waals surface area contributed by atoms with E-state index in [1.54, 1.807) is 13.8 Å². The Kier molecular flexibility index (Phi) is 4.57. The lowest BCUT2D eigenvalue weighted by Crippen LogP contribution is -2.42.